The molecule has 0 spiro atoms. The molecule has 1 fully saturated rings. The van der Waals surface area contributed by atoms with Crippen molar-refractivity contribution < 1.29 is 14.3 Å². The summed E-state index contributed by atoms with van der Waals surface area (Å²) in [6.07, 6.45) is 6.26. The van der Waals surface area contributed by atoms with E-state index < -0.39 is 0 Å². The Balaban J connectivity index is 1.91. The summed E-state index contributed by atoms with van der Waals surface area (Å²) in [5, 5.41) is 4.96. The first kappa shape index (κ1) is 18.0. The number of esters is 1. The van der Waals surface area contributed by atoms with Gasteiger partial charge < -0.3 is 9.47 Å². The topological polar surface area (TPSA) is 53.4 Å². The minimum Gasteiger partial charge on any atom is -0.460 e. The number of nitrogens with zero attached hydrogens (tertiary/aromatic N) is 2. The fraction of sp³-hybridized carbons (Fsp3) is 0.647. The number of ether oxygens (including phenoxy) is 2. The van der Waals surface area contributed by atoms with Gasteiger partial charge in [-0.3, -0.25) is 4.68 Å². The van der Waals surface area contributed by atoms with Gasteiger partial charge in [0.15, 0.2) is 0 Å². The van der Waals surface area contributed by atoms with Crippen LogP contribution in [-0.4, -0.2) is 35.1 Å². The highest BCUT2D eigenvalue weighted by atomic mass is 35.5. The van der Waals surface area contributed by atoms with Crippen LogP contribution < -0.4 is 0 Å². The Bertz CT molecular complexity index is 560. The summed E-state index contributed by atoms with van der Waals surface area (Å²) in [5.41, 5.74) is 1.56. The number of rotatable bonds is 6. The Morgan fingerprint density at radius 3 is 2.96 bits per heavy atom. The van der Waals surface area contributed by atoms with Crippen molar-refractivity contribution >= 4 is 23.6 Å². The van der Waals surface area contributed by atoms with Crippen LogP contribution >= 0.6 is 11.6 Å². The molecule has 23 heavy (non-hydrogen) atoms. The maximum Gasteiger partial charge on any atom is 0.330 e. The highest BCUT2D eigenvalue weighted by molar-refractivity contribution is 6.31. The number of hydrogen-bond acceptors (Lipinski definition) is 4. The molecular formula is C17H25ClN2O3. The third-order valence-corrected chi connectivity index (χ3v) is 4.12. The van der Waals surface area contributed by atoms with Crippen LogP contribution in [0, 0.1) is 12.8 Å². The molecule has 0 radical (unpaired) electrons. The van der Waals surface area contributed by atoms with Gasteiger partial charge in [0, 0.05) is 24.8 Å². The molecule has 0 amide bonds. The Morgan fingerprint density at radius 1 is 1.52 bits per heavy atom. The zero-order valence-corrected chi connectivity index (χ0v) is 14.8. The van der Waals surface area contributed by atoms with Gasteiger partial charge >= 0.3 is 5.97 Å². The van der Waals surface area contributed by atoms with Gasteiger partial charge in [-0.2, -0.15) is 5.10 Å². The minimum atomic E-state index is -0.383. The van der Waals surface area contributed by atoms with E-state index in [0.29, 0.717) is 17.7 Å². The summed E-state index contributed by atoms with van der Waals surface area (Å²) in [6.45, 7) is 7.89. The second-order valence-electron chi connectivity index (χ2n) is 6.32. The van der Waals surface area contributed by atoms with E-state index >= 15 is 0 Å². The van der Waals surface area contributed by atoms with Gasteiger partial charge in [0.2, 0.25) is 0 Å². The first-order valence-corrected chi connectivity index (χ1v) is 8.54. The molecule has 0 N–H and O–H groups in total. The van der Waals surface area contributed by atoms with Crippen LogP contribution in [0.25, 0.3) is 6.08 Å². The molecule has 1 saturated heterocycles. The van der Waals surface area contributed by atoms with Crippen LogP contribution in [0.5, 0.6) is 0 Å². The molecule has 2 rings (SSSR count). The maximum absolute atomic E-state index is 11.8. The lowest BCUT2D eigenvalue weighted by Gasteiger charge is -2.21. The van der Waals surface area contributed by atoms with Gasteiger partial charge in [-0.1, -0.05) is 25.4 Å². The monoisotopic (exact) mass is 340 g/mol. The first-order chi connectivity index (χ1) is 11.0. The Morgan fingerprint density at radius 2 is 2.30 bits per heavy atom. The highest BCUT2D eigenvalue weighted by Gasteiger charge is 2.16. The summed E-state index contributed by atoms with van der Waals surface area (Å²) in [6, 6.07) is 0. The molecule has 1 aliphatic rings. The molecule has 5 nitrogen and oxygen atoms in total. The lowest BCUT2D eigenvalue weighted by atomic mass is 10.1. The largest absolute Gasteiger partial charge is 0.460 e. The number of hydrogen-bond donors (Lipinski definition) is 0. The highest BCUT2D eigenvalue weighted by Crippen LogP contribution is 2.22. The van der Waals surface area contributed by atoms with E-state index in [1.54, 1.807) is 10.8 Å². The van der Waals surface area contributed by atoms with Crippen molar-refractivity contribution in [2.45, 2.75) is 52.7 Å². The van der Waals surface area contributed by atoms with E-state index in [-0.39, 0.29) is 12.1 Å². The first-order valence-electron chi connectivity index (χ1n) is 8.16. The van der Waals surface area contributed by atoms with Crippen molar-refractivity contribution in [1.82, 2.24) is 9.78 Å². The quantitative estimate of drug-likeness (QED) is 0.586. The van der Waals surface area contributed by atoms with Crippen LogP contribution in [0.15, 0.2) is 6.08 Å². The van der Waals surface area contributed by atoms with E-state index in [1.165, 1.54) is 6.08 Å². The van der Waals surface area contributed by atoms with E-state index in [0.717, 1.165) is 43.7 Å². The Kier molecular flexibility index (Phi) is 6.66. The van der Waals surface area contributed by atoms with Gasteiger partial charge in [0.1, 0.15) is 11.8 Å². The molecule has 1 aliphatic heterocycles. The van der Waals surface area contributed by atoms with Crippen molar-refractivity contribution in [2.75, 3.05) is 13.2 Å². The predicted octanol–water partition coefficient (Wildman–Crippen LogP) is 3.63. The van der Waals surface area contributed by atoms with E-state index in [4.69, 9.17) is 21.1 Å². The summed E-state index contributed by atoms with van der Waals surface area (Å²) < 4.78 is 12.5. The molecular weight excluding hydrogens is 316 g/mol. The molecule has 2 heterocycles. The van der Waals surface area contributed by atoms with Crippen LogP contribution in [0.3, 0.4) is 0 Å². The zero-order valence-electron chi connectivity index (χ0n) is 14.0. The van der Waals surface area contributed by atoms with Gasteiger partial charge in [-0.25, -0.2) is 4.79 Å². The minimum absolute atomic E-state index is 0.0280. The maximum atomic E-state index is 11.8. The molecule has 1 aromatic heterocycles. The lowest BCUT2D eigenvalue weighted by Crippen LogP contribution is -2.25. The number of carbonyl (C=O) groups excluding carboxylic acids is 1. The van der Waals surface area contributed by atoms with Crippen molar-refractivity contribution in [3.63, 3.8) is 0 Å². The van der Waals surface area contributed by atoms with Gasteiger partial charge in [-0.05, 0) is 38.2 Å². The SMILES string of the molecule is Cc1nn(CC(C)C)c(Cl)c1C=CC(=O)OCC1CCCCO1. The molecule has 0 aromatic carbocycles. The van der Waals surface area contributed by atoms with E-state index in [1.807, 2.05) is 6.92 Å². The molecule has 0 aliphatic carbocycles. The normalized spacial score (nSPS) is 18.7. The summed E-state index contributed by atoms with van der Waals surface area (Å²) >= 11 is 6.33. The predicted molar refractivity (Wildman–Crippen MR) is 90.4 cm³/mol. The zero-order chi connectivity index (χ0) is 16.8. The number of carbonyl (C=O) groups is 1. The molecule has 1 unspecified atom stereocenters. The summed E-state index contributed by atoms with van der Waals surface area (Å²) in [7, 11) is 0. The van der Waals surface area contributed by atoms with E-state index in [2.05, 4.69) is 18.9 Å². The molecule has 1 atom stereocenters. The van der Waals surface area contributed by atoms with Gasteiger partial charge in [0.05, 0.1) is 11.8 Å². The van der Waals surface area contributed by atoms with Gasteiger partial charge in [0.25, 0.3) is 0 Å². The van der Waals surface area contributed by atoms with Crippen LogP contribution in [0.4, 0.5) is 0 Å². The van der Waals surface area contributed by atoms with Crippen molar-refractivity contribution in [1.29, 1.82) is 0 Å². The smallest absolute Gasteiger partial charge is 0.330 e. The van der Waals surface area contributed by atoms with Gasteiger partial charge in [-0.15, -0.1) is 0 Å². The van der Waals surface area contributed by atoms with Crippen LogP contribution in [0.2, 0.25) is 5.15 Å². The standard InChI is InChI=1S/C17H25ClN2O3/c1-12(2)10-20-17(18)15(13(3)19-20)7-8-16(21)23-11-14-6-4-5-9-22-14/h7-8,12,14H,4-6,9-11H2,1-3H3. The summed E-state index contributed by atoms with van der Waals surface area (Å²) in [4.78, 5) is 11.8. The number of aromatic nitrogens is 2. The third kappa shape index (κ3) is 5.36. The molecule has 6 heteroatoms. The van der Waals surface area contributed by atoms with Crippen molar-refractivity contribution in [3.8, 4) is 0 Å². The number of aryl methyl sites for hydroxylation is 1. The third-order valence-electron chi connectivity index (χ3n) is 3.72. The Labute approximate surface area is 142 Å². The molecule has 128 valence electrons. The Hall–Kier alpha value is -1.33. The average molecular weight is 341 g/mol. The lowest BCUT2D eigenvalue weighted by molar-refractivity contribution is -0.143. The van der Waals surface area contributed by atoms with Crippen molar-refractivity contribution in [2.24, 2.45) is 5.92 Å². The fourth-order valence-corrected chi connectivity index (χ4v) is 2.84. The second-order valence-corrected chi connectivity index (χ2v) is 6.68. The molecule has 0 bridgehead atoms. The summed E-state index contributed by atoms with van der Waals surface area (Å²) in [5.74, 6) is 0.0651. The second kappa shape index (κ2) is 8.50. The van der Waals surface area contributed by atoms with Crippen LogP contribution in [0.1, 0.15) is 44.4 Å². The molecule has 1 aromatic rings. The average Bonchev–Trinajstić information content (AvgIpc) is 2.77. The fourth-order valence-electron chi connectivity index (χ4n) is 2.54. The van der Waals surface area contributed by atoms with Crippen molar-refractivity contribution in [3.05, 3.63) is 22.5 Å². The number of halogens is 1. The van der Waals surface area contributed by atoms with E-state index in [9.17, 15) is 4.79 Å². The molecule has 0 saturated carbocycles. The van der Waals surface area contributed by atoms with Crippen LogP contribution in [-0.2, 0) is 20.8 Å².